The van der Waals surface area contributed by atoms with Gasteiger partial charge in [0.05, 0.1) is 18.2 Å². The number of hydrogen-bond acceptors (Lipinski definition) is 3. The van der Waals surface area contributed by atoms with Gasteiger partial charge in [0.1, 0.15) is 0 Å². The maximum atomic E-state index is 5.78. The number of hydrazine groups is 1. The van der Waals surface area contributed by atoms with Crippen LogP contribution < -0.4 is 11.3 Å². The van der Waals surface area contributed by atoms with Gasteiger partial charge in [0.2, 0.25) is 0 Å². The van der Waals surface area contributed by atoms with Crippen LogP contribution in [0.1, 0.15) is 43.5 Å². The van der Waals surface area contributed by atoms with Crippen LogP contribution in [0.4, 0.5) is 0 Å². The number of ether oxygens (including phenoxy) is 1. The summed E-state index contributed by atoms with van der Waals surface area (Å²) in [5.74, 6) is 5.61. The average Bonchev–Trinajstić information content (AvgIpc) is 2.19. The summed E-state index contributed by atoms with van der Waals surface area (Å²) in [5, 5.41) is 0. The quantitative estimate of drug-likeness (QED) is 0.624. The van der Waals surface area contributed by atoms with Crippen LogP contribution in [0.3, 0.4) is 0 Å². The Labute approximate surface area is 104 Å². The van der Waals surface area contributed by atoms with Crippen molar-refractivity contribution in [2.24, 2.45) is 5.84 Å². The lowest BCUT2D eigenvalue weighted by atomic mass is 10.00. The molecule has 17 heavy (non-hydrogen) atoms. The Bertz CT molecular complexity index is 369. The zero-order valence-electron chi connectivity index (χ0n) is 11.5. The Morgan fingerprint density at radius 1 is 1.29 bits per heavy atom. The highest BCUT2D eigenvalue weighted by Crippen LogP contribution is 2.20. The van der Waals surface area contributed by atoms with Gasteiger partial charge in [-0.25, -0.2) is 0 Å². The molecule has 0 spiro atoms. The highest BCUT2D eigenvalue weighted by atomic mass is 16.5. The fraction of sp³-hybridized carbons (Fsp3) is 0.571. The molecule has 0 heterocycles. The van der Waals surface area contributed by atoms with Gasteiger partial charge >= 0.3 is 0 Å². The van der Waals surface area contributed by atoms with Crippen LogP contribution in [-0.4, -0.2) is 12.2 Å². The summed E-state index contributed by atoms with van der Waals surface area (Å²) in [5.41, 5.74) is 6.38. The van der Waals surface area contributed by atoms with Crippen molar-refractivity contribution >= 4 is 0 Å². The molecule has 0 bridgehead atoms. The molecule has 1 aromatic carbocycles. The molecule has 0 aliphatic carbocycles. The Balaban J connectivity index is 2.79. The normalized spacial score (nSPS) is 13.8. The molecule has 0 aliphatic heterocycles. The minimum Gasteiger partial charge on any atom is -0.374 e. The van der Waals surface area contributed by atoms with Crippen molar-refractivity contribution in [1.29, 1.82) is 0 Å². The Kier molecular flexibility index (Phi) is 4.69. The van der Waals surface area contributed by atoms with Crippen LogP contribution in [0.25, 0.3) is 0 Å². The zero-order valence-corrected chi connectivity index (χ0v) is 11.5. The molecule has 3 N–H and O–H groups in total. The maximum absolute atomic E-state index is 5.78. The fourth-order valence-corrected chi connectivity index (χ4v) is 1.78. The molecule has 0 amide bonds. The molecule has 0 aliphatic rings. The van der Waals surface area contributed by atoms with E-state index in [2.05, 4.69) is 37.5 Å². The second-order valence-electron chi connectivity index (χ2n) is 5.50. The summed E-state index contributed by atoms with van der Waals surface area (Å²) < 4.78 is 5.78. The predicted octanol–water partition coefficient (Wildman–Crippen LogP) is 2.62. The van der Waals surface area contributed by atoms with Gasteiger partial charge in [0.15, 0.2) is 0 Å². The lowest BCUT2D eigenvalue weighted by Crippen LogP contribution is -2.34. The van der Waals surface area contributed by atoms with E-state index in [9.17, 15) is 0 Å². The molecule has 96 valence electrons. The molecule has 0 saturated carbocycles. The molecule has 0 aromatic heterocycles. The lowest BCUT2D eigenvalue weighted by Gasteiger charge is -2.25. The van der Waals surface area contributed by atoms with Gasteiger partial charge < -0.3 is 4.74 Å². The Hall–Kier alpha value is -0.900. The van der Waals surface area contributed by atoms with E-state index in [0.717, 1.165) is 0 Å². The molecule has 0 saturated heterocycles. The smallest absolute Gasteiger partial charge is 0.0696 e. The highest BCUT2D eigenvalue weighted by molar-refractivity contribution is 5.32. The molecule has 3 heteroatoms. The molecule has 1 unspecified atom stereocenters. The van der Waals surface area contributed by atoms with Gasteiger partial charge in [-0.05, 0) is 45.7 Å². The van der Waals surface area contributed by atoms with Crippen LogP contribution in [0.2, 0.25) is 0 Å². The third kappa shape index (κ3) is 4.46. The Morgan fingerprint density at radius 2 is 1.94 bits per heavy atom. The standard InChI is InChI=1S/C14H24N2O/c1-10-6-7-12(11(2)8-10)13(16-15)9-17-14(3,4)5/h6-8,13,16H,9,15H2,1-5H3. The first-order valence-electron chi connectivity index (χ1n) is 6.01. The topological polar surface area (TPSA) is 47.3 Å². The van der Waals surface area contributed by atoms with Gasteiger partial charge in [-0.2, -0.15) is 0 Å². The third-order valence-electron chi connectivity index (χ3n) is 2.68. The van der Waals surface area contributed by atoms with Crippen LogP contribution in [0, 0.1) is 13.8 Å². The molecule has 1 rings (SSSR count). The van der Waals surface area contributed by atoms with E-state index in [1.165, 1.54) is 16.7 Å². The second-order valence-corrected chi connectivity index (χ2v) is 5.50. The molecule has 3 nitrogen and oxygen atoms in total. The first-order chi connectivity index (χ1) is 7.83. The molecule has 0 radical (unpaired) electrons. The van der Waals surface area contributed by atoms with E-state index < -0.39 is 0 Å². The first kappa shape index (κ1) is 14.2. The van der Waals surface area contributed by atoms with Crippen LogP contribution in [0.15, 0.2) is 18.2 Å². The van der Waals surface area contributed by atoms with Crippen LogP contribution in [-0.2, 0) is 4.74 Å². The van der Waals surface area contributed by atoms with Crippen LogP contribution >= 0.6 is 0 Å². The minimum absolute atomic E-state index is 0.0369. The zero-order chi connectivity index (χ0) is 13.1. The van der Waals surface area contributed by atoms with Gasteiger partial charge in [-0.1, -0.05) is 23.8 Å². The van der Waals surface area contributed by atoms with Crippen molar-refractivity contribution < 1.29 is 4.74 Å². The fourth-order valence-electron chi connectivity index (χ4n) is 1.78. The number of nitrogens with one attached hydrogen (secondary N) is 1. The van der Waals surface area contributed by atoms with Crippen molar-refractivity contribution in [3.63, 3.8) is 0 Å². The first-order valence-corrected chi connectivity index (χ1v) is 6.01. The number of hydrogen-bond donors (Lipinski definition) is 2. The largest absolute Gasteiger partial charge is 0.374 e. The van der Waals surface area contributed by atoms with Gasteiger partial charge in [0, 0.05) is 0 Å². The van der Waals surface area contributed by atoms with E-state index in [0.29, 0.717) is 6.61 Å². The van der Waals surface area contributed by atoms with Crippen molar-refractivity contribution in [3.8, 4) is 0 Å². The molecule has 1 aromatic rings. The second kappa shape index (κ2) is 5.63. The highest BCUT2D eigenvalue weighted by Gasteiger charge is 2.17. The summed E-state index contributed by atoms with van der Waals surface area (Å²) >= 11 is 0. The average molecular weight is 236 g/mol. The monoisotopic (exact) mass is 236 g/mol. The van der Waals surface area contributed by atoms with Crippen molar-refractivity contribution in [1.82, 2.24) is 5.43 Å². The summed E-state index contributed by atoms with van der Waals surface area (Å²) in [4.78, 5) is 0. The molecular formula is C14H24N2O. The van der Waals surface area contributed by atoms with Crippen molar-refractivity contribution in [3.05, 3.63) is 34.9 Å². The predicted molar refractivity (Wildman–Crippen MR) is 71.7 cm³/mol. The SMILES string of the molecule is Cc1ccc(C(COC(C)(C)C)NN)c(C)c1. The van der Waals surface area contributed by atoms with Gasteiger partial charge in [0.25, 0.3) is 0 Å². The number of benzene rings is 1. The number of aryl methyl sites for hydroxylation is 2. The Morgan fingerprint density at radius 3 is 2.41 bits per heavy atom. The summed E-state index contributed by atoms with van der Waals surface area (Å²) in [7, 11) is 0. The van der Waals surface area contributed by atoms with E-state index >= 15 is 0 Å². The number of rotatable bonds is 4. The third-order valence-corrected chi connectivity index (χ3v) is 2.68. The molecular weight excluding hydrogens is 212 g/mol. The van der Waals surface area contributed by atoms with E-state index in [1.54, 1.807) is 0 Å². The van der Waals surface area contributed by atoms with Crippen molar-refractivity contribution in [2.45, 2.75) is 46.3 Å². The summed E-state index contributed by atoms with van der Waals surface area (Å²) in [6, 6.07) is 6.41. The van der Waals surface area contributed by atoms with Crippen LogP contribution in [0.5, 0.6) is 0 Å². The van der Waals surface area contributed by atoms with E-state index in [4.69, 9.17) is 10.6 Å². The van der Waals surface area contributed by atoms with Gasteiger partial charge in [-0.3, -0.25) is 11.3 Å². The molecule has 0 fully saturated rings. The summed E-state index contributed by atoms with van der Waals surface area (Å²) in [6.07, 6.45) is 0. The molecule has 1 atom stereocenters. The minimum atomic E-state index is -0.145. The van der Waals surface area contributed by atoms with E-state index in [1.807, 2.05) is 20.8 Å². The van der Waals surface area contributed by atoms with Crippen molar-refractivity contribution in [2.75, 3.05) is 6.61 Å². The lowest BCUT2D eigenvalue weighted by molar-refractivity contribution is -0.0148. The van der Waals surface area contributed by atoms with Gasteiger partial charge in [-0.15, -0.1) is 0 Å². The maximum Gasteiger partial charge on any atom is 0.0696 e. The van der Waals surface area contributed by atoms with E-state index in [-0.39, 0.29) is 11.6 Å². The number of nitrogens with two attached hydrogens (primary N) is 1. The summed E-state index contributed by atoms with van der Waals surface area (Å²) in [6.45, 7) is 10.9.